The van der Waals surface area contributed by atoms with Gasteiger partial charge in [0.15, 0.2) is 0 Å². The molecule has 2 heterocycles. The summed E-state index contributed by atoms with van der Waals surface area (Å²) in [6.45, 7) is 4.35. The van der Waals surface area contributed by atoms with E-state index in [0.717, 1.165) is 19.3 Å². The first-order valence-corrected chi connectivity index (χ1v) is 6.86. The Hall–Kier alpha value is -0.380. The zero-order chi connectivity index (χ0) is 11.4. The lowest BCUT2D eigenvalue weighted by atomic mass is 9.67. The smallest absolute Gasteiger partial charge is 0.118 e. The largest absolute Gasteiger partial charge is 0.390 e. The molecule has 1 N–H and O–H groups in total. The van der Waals surface area contributed by atoms with E-state index in [1.807, 2.05) is 6.92 Å². The highest BCUT2D eigenvalue weighted by molar-refractivity contribution is 7.07. The Balaban J connectivity index is 1.80. The molecular formula is C13H18O2S. The third-order valence-electron chi connectivity index (χ3n) is 4.31. The van der Waals surface area contributed by atoms with Crippen molar-refractivity contribution in [1.82, 2.24) is 0 Å². The van der Waals surface area contributed by atoms with Crippen molar-refractivity contribution in [3.63, 3.8) is 0 Å². The minimum Gasteiger partial charge on any atom is -0.390 e. The van der Waals surface area contributed by atoms with E-state index < -0.39 is 0 Å². The van der Waals surface area contributed by atoms with E-state index in [0.29, 0.717) is 0 Å². The predicted molar refractivity (Wildman–Crippen MR) is 64.6 cm³/mol. The van der Waals surface area contributed by atoms with E-state index in [1.165, 1.54) is 5.56 Å². The second kappa shape index (κ2) is 3.31. The molecule has 4 atom stereocenters. The van der Waals surface area contributed by atoms with Crippen LogP contribution < -0.4 is 0 Å². The third-order valence-corrected chi connectivity index (χ3v) is 5.04. The summed E-state index contributed by atoms with van der Waals surface area (Å²) < 4.78 is 5.80. The number of rotatable bonds is 2. The van der Waals surface area contributed by atoms with Crippen LogP contribution in [0.1, 0.15) is 32.3 Å². The van der Waals surface area contributed by atoms with Gasteiger partial charge in [-0.15, -0.1) is 0 Å². The number of thiophene rings is 1. The number of hydrogen-bond acceptors (Lipinski definition) is 3. The summed E-state index contributed by atoms with van der Waals surface area (Å²) in [6, 6.07) is 2.20. The molecule has 3 heteroatoms. The van der Waals surface area contributed by atoms with Crippen molar-refractivity contribution in [1.29, 1.82) is 0 Å². The molecule has 1 aliphatic carbocycles. The molecule has 1 aromatic rings. The minimum absolute atomic E-state index is 0.203. The van der Waals surface area contributed by atoms with Gasteiger partial charge in [0, 0.05) is 5.41 Å². The number of fused-ring (bicyclic) bond motifs is 1. The molecule has 1 saturated carbocycles. The molecule has 2 aliphatic rings. The summed E-state index contributed by atoms with van der Waals surface area (Å²) in [6.07, 6.45) is 2.97. The van der Waals surface area contributed by atoms with Crippen molar-refractivity contribution in [2.75, 3.05) is 0 Å². The Morgan fingerprint density at radius 2 is 2.38 bits per heavy atom. The maximum atomic E-state index is 9.91. The predicted octanol–water partition coefficient (Wildman–Crippen LogP) is 2.61. The zero-order valence-corrected chi connectivity index (χ0v) is 10.6. The maximum absolute atomic E-state index is 9.91. The summed E-state index contributed by atoms with van der Waals surface area (Å²) >= 11 is 1.75. The summed E-state index contributed by atoms with van der Waals surface area (Å²) in [5, 5.41) is 14.3. The number of aliphatic hydroxyl groups excluding tert-OH is 1. The average Bonchev–Trinajstić information content (AvgIpc) is 2.73. The molecule has 0 aromatic carbocycles. The lowest BCUT2D eigenvalue weighted by Crippen LogP contribution is -2.42. The number of hydrogen-bond donors (Lipinski definition) is 1. The van der Waals surface area contributed by atoms with E-state index >= 15 is 0 Å². The highest BCUT2D eigenvalue weighted by Gasteiger charge is 2.67. The molecule has 0 spiro atoms. The molecule has 16 heavy (non-hydrogen) atoms. The Morgan fingerprint density at radius 3 is 3.06 bits per heavy atom. The van der Waals surface area contributed by atoms with E-state index in [9.17, 15) is 5.11 Å². The molecule has 1 saturated heterocycles. The second-order valence-electron chi connectivity index (χ2n) is 5.70. The second-order valence-corrected chi connectivity index (χ2v) is 6.48. The number of ether oxygens (including phenoxy) is 1. The van der Waals surface area contributed by atoms with Crippen LogP contribution in [0.3, 0.4) is 0 Å². The van der Waals surface area contributed by atoms with Crippen molar-refractivity contribution < 1.29 is 9.84 Å². The fourth-order valence-corrected chi connectivity index (χ4v) is 3.90. The van der Waals surface area contributed by atoms with Crippen LogP contribution in [0.25, 0.3) is 0 Å². The number of aliphatic hydroxyl groups is 1. The van der Waals surface area contributed by atoms with Gasteiger partial charge in [0.2, 0.25) is 0 Å². The standard InChI is InChI=1S/C13H18O2S/c1-12(7-9-4-6-16-8-9)5-3-10(14)13(2)11(12)15-13/h4,6,8,10-11,14H,3,5,7H2,1-2H3/t10-,11+,12?,13-/m1/s1. The van der Waals surface area contributed by atoms with Gasteiger partial charge in [-0.05, 0) is 48.6 Å². The Morgan fingerprint density at radius 1 is 1.56 bits per heavy atom. The van der Waals surface area contributed by atoms with Crippen LogP contribution >= 0.6 is 11.3 Å². The quantitative estimate of drug-likeness (QED) is 0.803. The van der Waals surface area contributed by atoms with E-state index in [2.05, 4.69) is 23.8 Å². The molecular weight excluding hydrogens is 220 g/mol. The first-order chi connectivity index (χ1) is 7.55. The van der Waals surface area contributed by atoms with Gasteiger partial charge in [-0.3, -0.25) is 0 Å². The van der Waals surface area contributed by atoms with Crippen LogP contribution in [0.5, 0.6) is 0 Å². The summed E-state index contributed by atoms with van der Waals surface area (Å²) in [5.74, 6) is 0. The van der Waals surface area contributed by atoms with Crippen LogP contribution in [0.15, 0.2) is 16.8 Å². The SMILES string of the molecule is CC1(Cc2ccsc2)CC[C@@H](O)[C@@]2(C)O[C@@H]12. The molecule has 3 rings (SSSR count). The van der Waals surface area contributed by atoms with Gasteiger partial charge < -0.3 is 9.84 Å². The van der Waals surface area contributed by atoms with Gasteiger partial charge in [-0.1, -0.05) is 6.92 Å². The highest BCUT2D eigenvalue weighted by atomic mass is 32.1. The Labute approximate surface area is 100 Å². The van der Waals surface area contributed by atoms with Gasteiger partial charge in [-0.2, -0.15) is 11.3 Å². The Bertz CT molecular complexity index is 389. The summed E-state index contributed by atoms with van der Waals surface area (Å²) in [7, 11) is 0. The van der Waals surface area contributed by atoms with Gasteiger partial charge in [0.25, 0.3) is 0 Å². The van der Waals surface area contributed by atoms with Gasteiger partial charge in [-0.25, -0.2) is 0 Å². The molecule has 88 valence electrons. The van der Waals surface area contributed by atoms with Crippen LogP contribution in [-0.2, 0) is 11.2 Å². The van der Waals surface area contributed by atoms with E-state index in [4.69, 9.17) is 4.74 Å². The van der Waals surface area contributed by atoms with Crippen molar-refractivity contribution in [3.8, 4) is 0 Å². The maximum Gasteiger partial charge on any atom is 0.118 e. The van der Waals surface area contributed by atoms with Crippen LogP contribution in [0.4, 0.5) is 0 Å². The Kier molecular flexibility index (Phi) is 2.23. The third kappa shape index (κ3) is 1.45. The molecule has 0 radical (unpaired) electrons. The molecule has 1 aliphatic heterocycles. The first kappa shape index (κ1) is 10.8. The normalized spacial score (nSPS) is 46.4. The first-order valence-electron chi connectivity index (χ1n) is 5.92. The van der Waals surface area contributed by atoms with Gasteiger partial charge in [0.05, 0.1) is 12.2 Å². The molecule has 0 bridgehead atoms. The molecule has 1 unspecified atom stereocenters. The highest BCUT2D eigenvalue weighted by Crippen LogP contribution is 2.57. The van der Waals surface area contributed by atoms with Crippen molar-refractivity contribution >= 4 is 11.3 Å². The fraction of sp³-hybridized carbons (Fsp3) is 0.692. The summed E-state index contributed by atoms with van der Waals surface area (Å²) in [5.41, 5.74) is 1.35. The van der Waals surface area contributed by atoms with E-state index in [-0.39, 0.29) is 23.2 Å². The zero-order valence-electron chi connectivity index (χ0n) is 9.77. The summed E-state index contributed by atoms with van der Waals surface area (Å²) in [4.78, 5) is 0. The van der Waals surface area contributed by atoms with Crippen molar-refractivity contribution in [3.05, 3.63) is 22.4 Å². The van der Waals surface area contributed by atoms with Crippen LogP contribution in [0, 0.1) is 5.41 Å². The van der Waals surface area contributed by atoms with Crippen LogP contribution in [-0.4, -0.2) is 22.9 Å². The van der Waals surface area contributed by atoms with Gasteiger partial charge >= 0.3 is 0 Å². The monoisotopic (exact) mass is 238 g/mol. The van der Waals surface area contributed by atoms with Crippen LogP contribution in [0.2, 0.25) is 0 Å². The minimum atomic E-state index is -0.270. The molecule has 1 aromatic heterocycles. The molecule has 0 amide bonds. The molecule has 2 nitrogen and oxygen atoms in total. The fourth-order valence-electron chi connectivity index (χ4n) is 3.23. The van der Waals surface area contributed by atoms with Crippen molar-refractivity contribution in [2.45, 2.75) is 50.9 Å². The lowest BCUT2D eigenvalue weighted by molar-refractivity contribution is 0.0568. The topological polar surface area (TPSA) is 32.8 Å². The van der Waals surface area contributed by atoms with Crippen molar-refractivity contribution in [2.24, 2.45) is 5.41 Å². The molecule has 2 fully saturated rings. The lowest BCUT2D eigenvalue weighted by Gasteiger charge is -2.35. The van der Waals surface area contributed by atoms with E-state index in [1.54, 1.807) is 11.3 Å². The average molecular weight is 238 g/mol. The van der Waals surface area contributed by atoms with Gasteiger partial charge in [0.1, 0.15) is 5.60 Å². The number of epoxide rings is 1.